The molecule has 0 unspecified atom stereocenters. The number of halogens is 2. The van der Waals surface area contributed by atoms with Crippen LogP contribution in [0.2, 0.25) is 5.02 Å². The van der Waals surface area contributed by atoms with E-state index < -0.39 is 17.8 Å². The monoisotopic (exact) mass is 348 g/mol. The number of nitrogens with zero attached hydrogens (tertiary/aromatic N) is 1. The first kappa shape index (κ1) is 17.9. The number of hydrogen-bond acceptors (Lipinski definition) is 2. The molecule has 0 fully saturated rings. The van der Waals surface area contributed by atoms with E-state index >= 15 is 0 Å². The molecule has 0 saturated carbocycles. The highest BCUT2D eigenvalue weighted by atomic mass is 35.5. The molecular weight excluding hydrogens is 331 g/mol. The van der Waals surface area contributed by atoms with Crippen LogP contribution in [0.3, 0.4) is 0 Å². The van der Waals surface area contributed by atoms with Crippen molar-refractivity contribution in [2.75, 3.05) is 14.1 Å². The van der Waals surface area contributed by atoms with E-state index in [9.17, 15) is 14.0 Å². The highest BCUT2D eigenvalue weighted by molar-refractivity contribution is 6.31. The van der Waals surface area contributed by atoms with E-state index in [1.54, 1.807) is 38.4 Å². The summed E-state index contributed by atoms with van der Waals surface area (Å²) in [5.74, 6) is -1.30. The molecule has 126 valence electrons. The summed E-state index contributed by atoms with van der Waals surface area (Å²) >= 11 is 5.94. The Kier molecular flexibility index (Phi) is 5.93. The Morgan fingerprint density at radius 1 is 1.12 bits per heavy atom. The van der Waals surface area contributed by atoms with Gasteiger partial charge in [0, 0.05) is 24.7 Å². The molecule has 1 atom stereocenters. The number of hydrogen-bond donors (Lipinski definition) is 1. The first-order chi connectivity index (χ1) is 11.4. The van der Waals surface area contributed by atoms with Crippen molar-refractivity contribution in [3.8, 4) is 0 Å². The number of nitrogens with one attached hydrogen (secondary N) is 1. The summed E-state index contributed by atoms with van der Waals surface area (Å²) in [4.78, 5) is 26.1. The summed E-state index contributed by atoms with van der Waals surface area (Å²) in [6.07, 6.45) is -0.241. The smallest absolute Gasteiger partial charge is 0.249 e. The van der Waals surface area contributed by atoms with E-state index in [4.69, 9.17) is 11.6 Å². The molecule has 2 rings (SSSR count). The maximum atomic E-state index is 13.8. The molecule has 1 N–H and O–H groups in total. The summed E-state index contributed by atoms with van der Waals surface area (Å²) in [6, 6.07) is 12.3. The van der Waals surface area contributed by atoms with Gasteiger partial charge in [0.05, 0.1) is 6.42 Å². The third kappa shape index (κ3) is 4.32. The van der Waals surface area contributed by atoms with Crippen LogP contribution in [0.25, 0.3) is 0 Å². The lowest BCUT2D eigenvalue weighted by atomic mass is 10.0. The van der Waals surface area contributed by atoms with Crippen molar-refractivity contribution in [3.63, 3.8) is 0 Å². The van der Waals surface area contributed by atoms with E-state index in [2.05, 4.69) is 5.32 Å². The molecule has 0 aliphatic heterocycles. The van der Waals surface area contributed by atoms with Crippen molar-refractivity contribution in [2.45, 2.75) is 12.5 Å². The van der Waals surface area contributed by atoms with E-state index in [1.165, 1.54) is 23.1 Å². The third-order valence-corrected chi connectivity index (χ3v) is 3.88. The summed E-state index contributed by atoms with van der Waals surface area (Å²) in [6.45, 7) is 0. The standard InChI is InChI=1S/C18H18ClFN2O2/c1-22(2)18(24)17(12-7-4-3-5-8-12)21-16(23)11-13-14(19)9-6-10-15(13)20/h3-10,17H,11H2,1-2H3,(H,21,23)/t17-/m1/s1. The average Bonchev–Trinajstić information content (AvgIpc) is 2.56. The average molecular weight is 349 g/mol. The van der Waals surface area contributed by atoms with Gasteiger partial charge < -0.3 is 10.2 Å². The fourth-order valence-electron chi connectivity index (χ4n) is 2.27. The van der Waals surface area contributed by atoms with E-state index in [0.717, 1.165) is 0 Å². The molecule has 0 aliphatic rings. The number of amides is 2. The second-order valence-corrected chi connectivity index (χ2v) is 5.93. The van der Waals surface area contributed by atoms with Crippen molar-refractivity contribution in [1.82, 2.24) is 10.2 Å². The highest BCUT2D eigenvalue weighted by Crippen LogP contribution is 2.20. The minimum Gasteiger partial charge on any atom is -0.347 e. The minimum atomic E-state index is -0.834. The van der Waals surface area contributed by atoms with E-state index in [-0.39, 0.29) is 22.9 Å². The Balaban J connectivity index is 2.20. The molecule has 0 saturated heterocycles. The Bertz CT molecular complexity index is 715. The van der Waals surface area contributed by atoms with Crippen molar-refractivity contribution in [3.05, 3.63) is 70.5 Å². The molecular formula is C18H18ClFN2O2. The predicted molar refractivity (Wildman–Crippen MR) is 91.1 cm³/mol. The van der Waals surface area contributed by atoms with Crippen LogP contribution in [-0.4, -0.2) is 30.8 Å². The molecule has 0 bridgehead atoms. The Morgan fingerprint density at radius 3 is 2.38 bits per heavy atom. The van der Waals surface area contributed by atoms with Crippen LogP contribution in [0.5, 0.6) is 0 Å². The predicted octanol–water partition coefficient (Wildman–Crippen LogP) is 2.97. The highest BCUT2D eigenvalue weighted by Gasteiger charge is 2.24. The quantitative estimate of drug-likeness (QED) is 0.903. The molecule has 0 spiro atoms. The van der Waals surface area contributed by atoms with Crippen molar-refractivity contribution < 1.29 is 14.0 Å². The second-order valence-electron chi connectivity index (χ2n) is 5.52. The molecule has 2 amide bonds. The minimum absolute atomic E-state index is 0.112. The molecule has 2 aromatic carbocycles. The molecule has 0 aromatic heterocycles. The number of carbonyl (C=O) groups is 2. The second kappa shape index (κ2) is 7.93. The van der Waals surface area contributed by atoms with Crippen molar-refractivity contribution in [2.24, 2.45) is 0 Å². The van der Waals surface area contributed by atoms with Crippen LogP contribution < -0.4 is 5.32 Å². The number of likely N-dealkylation sites (N-methyl/N-ethyl adjacent to an activating group) is 1. The first-order valence-corrected chi connectivity index (χ1v) is 7.76. The maximum Gasteiger partial charge on any atom is 0.249 e. The van der Waals surface area contributed by atoms with Gasteiger partial charge in [0.25, 0.3) is 0 Å². The van der Waals surface area contributed by atoms with Crippen LogP contribution in [0.1, 0.15) is 17.2 Å². The lowest BCUT2D eigenvalue weighted by molar-refractivity contribution is -0.134. The van der Waals surface area contributed by atoms with Gasteiger partial charge in [0.1, 0.15) is 11.9 Å². The zero-order chi connectivity index (χ0) is 17.7. The summed E-state index contributed by atoms with van der Waals surface area (Å²) < 4.78 is 13.8. The number of benzene rings is 2. The Hall–Kier alpha value is -2.40. The van der Waals surface area contributed by atoms with Gasteiger partial charge in [0.2, 0.25) is 11.8 Å². The molecule has 24 heavy (non-hydrogen) atoms. The van der Waals surface area contributed by atoms with E-state index in [0.29, 0.717) is 5.56 Å². The van der Waals surface area contributed by atoms with Gasteiger partial charge in [-0.1, -0.05) is 48.0 Å². The normalized spacial score (nSPS) is 11.7. The molecule has 6 heteroatoms. The molecule has 0 heterocycles. The number of rotatable bonds is 5. The van der Waals surface area contributed by atoms with Gasteiger partial charge in [-0.05, 0) is 17.7 Å². The zero-order valence-corrected chi connectivity index (χ0v) is 14.2. The van der Waals surface area contributed by atoms with Crippen LogP contribution >= 0.6 is 11.6 Å². The fraction of sp³-hybridized carbons (Fsp3) is 0.222. The van der Waals surface area contributed by atoms with Gasteiger partial charge >= 0.3 is 0 Å². The van der Waals surface area contributed by atoms with Crippen molar-refractivity contribution >= 4 is 23.4 Å². The van der Waals surface area contributed by atoms with Crippen LogP contribution in [0.15, 0.2) is 48.5 Å². The van der Waals surface area contributed by atoms with Crippen molar-refractivity contribution in [1.29, 1.82) is 0 Å². The maximum absolute atomic E-state index is 13.8. The molecule has 4 nitrogen and oxygen atoms in total. The summed E-state index contributed by atoms with van der Waals surface area (Å²) in [5, 5.41) is 2.84. The lowest BCUT2D eigenvalue weighted by Gasteiger charge is -2.22. The first-order valence-electron chi connectivity index (χ1n) is 7.38. The Labute approximate surface area is 145 Å². The fourth-order valence-corrected chi connectivity index (χ4v) is 2.49. The van der Waals surface area contributed by atoms with Gasteiger partial charge in [-0.3, -0.25) is 9.59 Å². The van der Waals surface area contributed by atoms with Gasteiger partial charge in [-0.2, -0.15) is 0 Å². The van der Waals surface area contributed by atoms with Gasteiger partial charge in [0.15, 0.2) is 0 Å². The zero-order valence-electron chi connectivity index (χ0n) is 13.4. The summed E-state index contributed by atoms with van der Waals surface area (Å²) in [7, 11) is 3.22. The largest absolute Gasteiger partial charge is 0.347 e. The Morgan fingerprint density at radius 2 is 1.79 bits per heavy atom. The lowest BCUT2D eigenvalue weighted by Crippen LogP contribution is -2.40. The van der Waals surface area contributed by atoms with Gasteiger partial charge in [-0.15, -0.1) is 0 Å². The van der Waals surface area contributed by atoms with Gasteiger partial charge in [-0.25, -0.2) is 4.39 Å². The van der Waals surface area contributed by atoms with Crippen LogP contribution in [0.4, 0.5) is 4.39 Å². The third-order valence-electron chi connectivity index (χ3n) is 3.52. The molecule has 0 radical (unpaired) electrons. The topological polar surface area (TPSA) is 49.4 Å². The molecule has 2 aromatic rings. The SMILES string of the molecule is CN(C)C(=O)[C@H](NC(=O)Cc1c(F)cccc1Cl)c1ccccc1. The van der Waals surface area contributed by atoms with Crippen LogP contribution in [0, 0.1) is 5.82 Å². The summed E-state index contributed by atoms with van der Waals surface area (Å²) in [5.41, 5.74) is 0.768. The molecule has 0 aliphatic carbocycles. The van der Waals surface area contributed by atoms with Crippen LogP contribution in [-0.2, 0) is 16.0 Å². The van der Waals surface area contributed by atoms with E-state index in [1.807, 2.05) is 6.07 Å². The number of carbonyl (C=O) groups excluding carboxylic acids is 2.